The van der Waals surface area contributed by atoms with Gasteiger partial charge in [-0.15, -0.1) is 0 Å². The molecule has 0 saturated heterocycles. The van der Waals surface area contributed by atoms with Gasteiger partial charge >= 0.3 is 0 Å². The minimum atomic E-state index is 0.235. The second kappa shape index (κ2) is 4.19. The number of ether oxygens (including phenoxy) is 1. The fraction of sp³-hybridized carbons (Fsp3) is 0.286. The predicted octanol–water partition coefficient (Wildman–Crippen LogP) is 2.73. The van der Waals surface area contributed by atoms with Crippen LogP contribution < -0.4 is 4.74 Å². The van der Waals surface area contributed by atoms with Gasteiger partial charge < -0.3 is 9.26 Å². The molecular weight excluding hydrogens is 228 g/mol. The molecule has 2 heterocycles. The van der Waals surface area contributed by atoms with Gasteiger partial charge in [-0.3, -0.25) is 0 Å². The molecule has 1 aliphatic rings. The van der Waals surface area contributed by atoms with Gasteiger partial charge in [0.15, 0.2) is 5.76 Å². The van der Waals surface area contributed by atoms with E-state index >= 15 is 0 Å². The van der Waals surface area contributed by atoms with Gasteiger partial charge in [-0.25, -0.2) is 0 Å². The van der Waals surface area contributed by atoms with Gasteiger partial charge in [0.05, 0.1) is 18.2 Å². The third-order valence-corrected chi connectivity index (χ3v) is 3.00. The number of rotatable bonds is 2. The maximum absolute atomic E-state index is 8.61. The second-order valence-electron chi connectivity index (χ2n) is 4.47. The van der Waals surface area contributed by atoms with Crippen LogP contribution in [0.15, 0.2) is 28.8 Å². The van der Waals surface area contributed by atoms with E-state index < -0.39 is 0 Å². The van der Waals surface area contributed by atoms with Crippen LogP contribution in [0.4, 0.5) is 0 Å². The molecule has 0 amide bonds. The topological polar surface area (TPSA) is 59.0 Å². The summed E-state index contributed by atoms with van der Waals surface area (Å²) in [5.41, 5.74) is 2.83. The van der Waals surface area contributed by atoms with Crippen LogP contribution in [0.2, 0.25) is 0 Å². The van der Waals surface area contributed by atoms with E-state index in [1.165, 1.54) is 5.56 Å². The number of benzene rings is 1. The summed E-state index contributed by atoms with van der Waals surface area (Å²) in [7, 11) is 0. The summed E-state index contributed by atoms with van der Waals surface area (Å²) < 4.78 is 10.9. The lowest BCUT2D eigenvalue weighted by molar-refractivity contribution is 0.254. The van der Waals surface area contributed by atoms with E-state index in [-0.39, 0.29) is 12.5 Å². The van der Waals surface area contributed by atoms with Crippen LogP contribution in [0, 0.1) is 11.3 Å². The molecule has 1 aromatic carbocycles. The van der Waals surface area contributed by atoms with Crippen molar-refractivity contribution in [3.8, 4) is 23.1 Å². The molecule has 18 heavy (non-hydrogen) atoms. The fourth-order valence-corrected chi connectivity index (χ4v) is 2.19. The number of aromatic nitrogens is 1. The van der Waals surface area contributed by atoms with E-state index in [4.69, 9.17) is 14.5 Å². The first-order valence-corrected chi connectivity index (χ1v) is 5.89. The number of hydrogen-bond acceptors (Lipinski definition) is 4. The summed E-state index contributed by atoms with van der Waals surface area (Å²) in [6.07, 6.45) is 1.43. The Kier molecular flexibility index (Phi) is 2.52. The molecule has 90 valence electrons. The number of nitriles is 1. The molecule has 0 fully saturated rings. The smallest absolute Gasteiger partial charge is 0.167 e. The first-order valence-electron chi connectivity index (χ1n) is 5.89. The summed E-state index contributed by atoms with van der Waals surface area (Å²) in [6.45, 7) is 2.05. The standard InChI is InChI=1S/C14H12N2O2/c1-9-6-11-7-10(2-3-13(11)17-9)14-8-12(4-5-15)16-18-14/h2-3,7-9H,4,6H2,1H3/t9-/m1/s1. The van der Waals surface area contributed by atoms with Crippen LogP contribution in [0.3, 0.4) is 0 Å². The predicted molar refractivity (Wildman–Crippen MR) is 65.1 cm³/mol. The van der Waals surface area contributed by atoms with Gasteiger partial charge in [-0.2, -0.15) is 5.26 Å². The summed E-state index contributed by atoms with van der Waals surface area (Å²) in [6, 6.07) is 9.84. The normalized spacial score (nSPS) is 17.0. The average Bonchev–Trinajstić information content (AvgIpc) is 2.93. The van der Waals surface area contributed by atoms with E-state index in [0.717, 1.165) is 17.7 Å². The Morgan fingerprint density at radius 1 is 1.44 bits per heavy atom. The van der Waals surface area contributed by atoms with Crippen LogP contribution >= 0.6 is 0 Å². The Morgan fingerprint density at radius 2 is 2.33 bits per heavy atom. The zero-order valence-electron chi connectivity index (χ0n) is 10.0. The van der Waals surface area contributed by atoms with Crippen molar-refractivity contribution in [3.63, 3.8) is 0 Å². The molecule has 0 aliphatic carbocycles. The van der Waals surface area contributed by atoms with Gasteiger partial charge in [0, 0.05) is 18.1 Å². The Hall–Kier alpha value is -2.28. The monoisotopic (exact) mass is 240 g/mol. The van der Waals surface area contributed by atoms with Gasteiger partial charge in [-0.05, 0) is 30.7 Å². The molecule has 2 aromatic rings. The molecule has 0 spiro atoms. The molecule has 0 bridgehead atoms. The zero-order chi connectivity index (χ0) is 12.5. The first kappa shape index (κ1) is 10.8. The number of fused-ring (bicyclic) bond motifs is 1. The van der Waals surface area contributed by atoms with Crippen molar-refractivity contribution in [2.75, 3.05) is 0 Å². The summed E-state index contributed by atoms with van der Waals surface area (Å²) in [5.74, 6) is 1.64. The van der Waals surface area contributed by atoms with Crippen molar-refractivity contribution in [2.45, 2.75) is 25.9 Å². The molecule has 1 aliphatic heterocycles. The summed E-state index contributed by atoms with van der Waals surface area (Å²) >= 11 is 0. The van der Waals surface area contributed by atoms with E-state index in [1.807, 2.05) is 18.2 Å². The highest BCUT2D eigenvalue weighted by Gasteiger charge is 2.20. The van der Waals surface area contributed by atoms with Crippen LogP contribution in [-0.2, 0) is 12.8 Å². The van der Waals surface area contributed by atoms with Gasteiger partial charge in [0.2, 0.25) is 0 Å². The second-order valence-corrected chi connectivity index (χ2v) is 4.47. The molecular formula is C14H12N2O2. The maximum Gasteiger partial charge on any atom is 0.167 e. The van der Waals surface area contributed by atoms with E-state index in [1.54, 1.807) is 0 Å². The minimum absolute atomic E-state index is 0.235. The first-order chi connectivity index (χ1) is 8.76. The molecule has 0 N–H and O–H groups in total. The summed E-state index contributed by atoms with van der Waals surface area (Å²) in [4.78, 5) is 0. The largest absolute Gasteiger partial charge is 0.490 e. The van der Waals surface area contributed by atoms with Crippen LogP contribution in [0.5, 0.6) is 5.75 Å². The highest BCUT2D eigenvalue weighted by Crippen LogP contribution is 2.32. The van der Waals surface area contributed by atoms with Crippen LogP contribution in [0.1, 0.15) is 18.2 Å². The molecule has 0 radical (unpaired) electrons. The molecule has 1 aromatic heterocycles. The lowest BCUT2D eigenvalue weighted by Gasteiger charge is -2.02. The Bertz CT molecular complexity index is 625. The zero-order valence-corrected chi connectivity index (χ0v) is 10.0. The highest BCUT2D eigenvalue weighted by molar-refractivity contribution is 5.61. The third-order valence-electron chi connectivity index (χ3n) is 3.00. The van der Waals surface area contributed by atoms with Crippen LogP contribution in [-0.4, -0.2) is 11.3 Å². The summed E-state index contributed by atoms with van der Waals surface area (Å²) in [5, 5.41) is 12.5. The van der Waals surface area contributed by atoms with Crippen molar-refractivity contribution in [1.29, 1.82) is 5.26 Å². The SMILES string of the molecule is C[C@@H]1Cc2cc(-c3cc(CC#N)no3)ccc2O1. The lowest BCUT2D eigenvalue weighted by Crippen LogP contribution is -2.05. The number of hydrogen-bond donors (Lipinski definition) is 0. The van der Waals surface area contributed by atoms with Crippen molar-refractivity contribution < 1.29 is 9.26 Å². The molecule has 0 saturated carbocycles. The molecule has 1 atom stereocenters. The molecule has 0 unspecified atom stereocenters. The Labute approximate surface area is 105 Å². The molecule has 4 nitrogen and oxygen atoms in total. The molecule has 4 heteroatoms. The quantitative estimate of drug-likeness (QED) is 0.809. The van der Waals surface area contributed by atoms with E-state index in [2.05, 4.69) is 24.2 Å². The van der Waals surface area contributed by atoms with Crippen molar-refractivity contribution in [1.82, 2.24) is 5.16 Å². The van der Waals surface area contributed by atoms with Crippen molar-refractivity contribution >= 4 is 0 Å². The van der Waals surface area contributed by atoms with Gasteiger partial charge in [0.1, 0.15) is 11.9 Å². The number of nitrogens with zero attached hydrogens (tertiary/aromatic N) is 2. The van der Waals surface area contributed by atoms with Crippen LogP contribution in [0.25, 0.3) is 11.3 Å². The minimum Gasteiger partial charge on any atom is -0.490 e. The lowest BCUT2D eigenvalue weighted by atomic mass is 10.1. The van der Waals surface area contributed by atoms with Crippen molar-refractivity contribution in [3.05, 3.63) is 35.5 Å². The molecule has 3 rings (SSSR count). The van der Waals surface area contributed by atoms with Gasteiger partial charge in [0.25, 0.3) is 0 Å². The highest BCUT2D eigenvalue weighted by atomic mass is 16.5. The average molecular weight is 240 g/mol. The Morgan fingerprint density at radius 3 is 3.17 bits per heavy atom. The van der Waals surface area contributed by atoms with Gasteiger partial charge in [-0.1, -0.05) is 5.16 Å². The Balaban J connectivity index is 1.93. The van der Waals surface area contributed by atoms with E-state index in [9.17, 15) is 0 Å². The van der Waals surface area contributed by atoms with E-state index in [0.29, 0.717) is 11.5 Å². The van der Waals surface area contributed by atoms with Crippen molar-refractivity contribution in [2.24, 2.45) is 0 Å². The fourth-order valence-electron chi connectivity index (χ4n) is 2.19. The maximum atomic E-state index is 8.61. The third kappa shape index (κ3) is 1.84.